The molecular formula is C25H22ClN7O4. The second-order valence-corrected chi connectivity index (χ2v) is 8.35. The summed E-state index contributed by atoms with van der Waals surface area (Å²) >= 11 is 6.03. The minimum Gasteiger partial charge on any atom is -0.493 e. The fraction of sp³-hybridized carbons (Fsp3) is 0.160. The Morgan fingerprint density at radius 1 is 0.946 bits per heavy atom. The number of hydrogen-bond acceptors (Lipinski definition) is 8. The van der Waals surface area contributed by atoms with Gasteiger partial charge in [-0.25, -0.2) is 14.6 Å². The molecular weight excluding hydrogens is 498 g/mol. The number of nitrogens with zero attached hydrogens (tertiary/aromatic N) is 6. The van der Waals surface area contributed by atoms with Crippen molar-refractivity contribution in [3.63, 3.8) is 0 Å². The maximum absolute atomic E-state index is 13.3. The van der Waals surface area contributed by atoms with Gasteiger partial charge in [-0.2, -0.15) is 14.9 Å². The number of anilines is 1. The van der Waals surface area contributed by atoms with Crippen LogP contribution in [0.2, 0.25) is 5.02 Å². The summed E-state index contributed by atoms with van der Waals surface area (Å²) in [5.74, 6) is 1.59. The Morgan fingerprint density at radius 2 is 1.65 bits per heavy atom. The number of ether oxygens (including phenoxy) is 3. The van der Waals surface area contributed by atoms with E-state index < -0.39 is 5.91 Å². The zero-order valence-corrected chi connectivity index (χ0v) is 21.1. The van der Waals surface area contributed by atoms with E-state index in [1.165, 1.54) is 27.7 Å². The Labute approximate surface area is 216 Å². The monoisotopic (exact) mass is 519 g/mol. The number of nitrogens with one attached hydrogen (secondary N) is 1. The molecule has 0 spiro atoms. The average molecular weight is 520 g/mol. The summed E-state index contributed by atoms with van der Waals surface area (Å²) in [6.07, 6.45) is 3.08. The van der Waals surface area contributed by atoms with Crippen LogP contribution in [0.1, 0.15) is 16.1 Å². The number of carbonyl (C=O) groups excluding carboxylic acids is 1. The van der Waals surface area contributed by atoms with E-state index in [-0.39, 0.29) is 0 Å². The molecule has 0 saturated carbocycles. The topological polar surface area (TPSA) is 118 Å². The van der Waals surface area contributed by atoms with E-state index in [4.69, 9.17) is 25.8 Å². The number of carbonyl (C=O) groups is 1. The third-order valence-electron chi connectivity index (χ3n) is 5.62. The maximum Gasteiger partial charge on any atom is 0.257 e. The van der Waals surface area contributed by atoms with Crippen molar-refractivity contribution in [1.82, 2.24) is 29.5 Å². The molecule has 5 rings (SSSR count). The molecule has 0 radical (unpaired) electrons. The molecule has 3 heterocycles. The second kappa shape index (κ2) is 9.78. The van der Waals surface area contributed by atoms with Gasteiger partial charge in [0.15, 0.2) is 23.0 Å². The van der Waals surface area contributed by atoms with Crippen LogP contribution in [0.25, 0.3) is 22.5 Å². The van der Waals surface area contributed by atoms with Gasteiger partial charge in [0.1, 0.15) is 12.1 Å². The minimum absolute atomic E-state index is 0.309. The van der Waals surface area contributed by atoms with Crippen LogP contribution >= 0.6 is 11.6 Å². The number of benzene rings is 2. The van der Waals surface area contributed by atoms with E-state index in [0.29, 0.717) is 56.2 Å². The molecule has 0 aliphatic carbocycles. The molecule has 0 aliphatic rings. The molecule has 0 unspecified atom stereocenters. The summed E-state index contributed by atoms with van der Waals surface area (Å²) in [7, 11) is 4.48. The molecule has 37 heavy (non-hydrogen) atoms. The minimum atomic E-state index is -0.400. The molecule has 3 aromatic heterocycles. The van der Waals surface area contributed by atoms with Crippen LogP contribution in [0.3, 0.4) is 0 Å². The van der Waals surface area contributed by atoms with Gasteiger partial charge in [-0.15, -0.1) is 0 Å². The largest absolute Gasteiger partial charge is 0.493 e. The van der Waals surface area contributed by atoms with Gasteiger partial charge in [0, 0.05) is 16.7 Å². The number of fused-ring (bicyclic) bond motifs is 1. The first kappa shape index (κ1) is 24.1. The van der Waals surface area contributed by atoms with Crippen molar-refractivity contribution in [3.05, 3.63) is 71.3 Å². The fourth-order valence-electron chi connectivity index (χ4n) is 3.92. The highest BCUT2D eigenvalue weighted by atomic mass is 35.5. The highest BCUT2D eigenvalue weighted by Gasteiger charge is 2.21. The summed E-state index contributed by atoms with van der Waals surface area (Å²) in [5, 5.41) is 13.2. The Morgan fingerprint density at radius 3 is 2.30 bits per heavy atom. The molecule has 188 valence electrons. The van der Waals surface area contributed by atoms with Gasteiger partial charge in [0.05, 0.1) is 44.3 Å². The lowest BCUT2D eigenvalue weighted by atomic mass is 10.1. The highest BCUT2D eigenvalue weighted by Crippen LogP contribution is 2.38. The Kier molecular flexibility index (Phi) is 6.36. The normalized spacial score (nSPS) is 10.9. The van der Waals surface area contributed by atoms with Gasteiger partial charge in [0.2, 0.25) is 5.75 Å². The molecule has 1 amide bonds. The first-order valence-corrected chi connectivity index (χ1v) is 11.4. The third-order valence-corrected chi connectivity index (χ3v) is 5.87. The zero-order chi connectivity index (χ0) is 26.1. The lowest BCUT2D eigenvalue weighted by Crippen LogP contribution is -2.16. The summed E-state index contributed by atoms with van der Waals surface area (Å²) in [6, 6.07) is 12.1. The van der Waals surface area contributed by atoms with E-state index in [2.05, 4.69) is 25.5 Å². The van der Waals surface area contributed by atoms with Crippen LogP contribution in [-0.4, -0.2) is 56.8 Å². The number of halogens is 1. The fourth-order valence-corrected chi connectivity index (χ4v) is 4.05. The van der Waals surface area contributed by atoms with Gasteiger partial charge in [-0.1, -0.05) is 11.6 Å². The van der Waals surface area contributed by atoms with Crippen LogP contribution in [0.4, 0.5) is 5.82 Å². The van der Waals surface area contributed by atoms with Crippen LogP contribution in [0.15, 0.2) is 55.0 Å². The Hall–Kier alpha value is -4.64. The lowest BCUT2D eigenvalue weighted by Gasteiger charge is -2.14. The molecule has 0 bridgehead atoms. The van der Waals surface area contributed by atoms with Gasteiger partial charge in [0.25, 0.3) is 5.91 Å². The number of hydrogen-bond donors (Lipinski definition) is 1. The van der Waals surface area contributed by atoms with Gasteiger partial charge in [-0.3, -0.25) is 4.79 Å². The average Bonchev–Trinajstić information content (AvgIpc) is 3.51. The SMILES string of the molecule is COc1cc(C(=O)Nc2cc(C)nn2-c2ncnc3c2cnn3-c2ccc(Cl)cc2)cc(OC)c1OC. The van der Waals surface area contributed by atoms with Gasteiger partial charge in [-0.05, 0) is 43.3 Å². The van der Waals surface area contributed by atoms with Gasteiger partial charge < -0.3 is 19.5 Å². The number of aromatic nitrogens is 6. The van der Waals surface area contributed by atoms with Crippen molar-refractivity contribution < 1.29 is 19.0 Å². The van der Waals surface area contributed by atoms with Crippen molar-refractivity contribution in [2.45, 2.75) is 6.92 Å². The molecule has 5 aromatic rings. The van der Waals surface area contributed by atoms with Crippen molar-refractivity contribution in [3.8, 4) is 28.8 Å². The van der Waals surface area contributed by atoms with Crippen LogP contribution in [-0.2, 0) is 0 Å². The molecule has 0 fully saturated rings. The van der Waals surface area contributed by atoms with Crippen LogP contribution < -0.4 is 19.5 Å². The van der Waals surface area contributed by atoms with E-state index in [9.17, 15) is 4.79 Å². The third kappa shape index (κ3) is 4.40. The molecule has 11 nitrogen and oxygen atoms in total. The van der Waals surface area contributed by atoms with E-state index in [1.807, 2.05) is 19.1 Å². The van der Waals surface area contributed by atoms with Crippen LogP contribution in [0.5, 0.6) is 17.2 Å². The lowest BCUT2D eigenvalue weighted by molar-refractivity contribution is 0.102. The highest BCUT2D eigenvalue weighted by molar-refractivity contribution is 6.30. The molecule has 0 saturated heterocycles. The maximum atomic E-state index is 13.3. The van der Waals surface area contributed by atoms with Crippen molar-refractivity contribution in [1.29, 1.82) is 0 Å². The molecule has 1 N–H and O–H groups in total. The van der Waals surface area contributed by atoms with Gasteiger partial charge >= 0.3 is 0 Å². The van der Waals surface area contributed by atoms with Crippen molar-refractivity contribution >= 4 is 34.4 Å². The predicted octanol–water partition coefficient (Wildman–Crippen LogP) is 4.24. The predicted molar refractivity (Wildman–Crippen MR) is 138 cm³/mol. The first-order valence-electron chi connectivity index (χ1n) is 11.1. The first-order chi connectivity index (χ1) is 17.9. The second-order valence-electron chi connectivity index (χ2n) is 7.92. The number of methoxy groups -OCH3 is 3. The van der Waals surface area contributed by atoms with E-state index in [1.54, 1.807) is 45.9 Å². The van der Waals surface area contributed by atoms with Crippen molar-refractivity contribution in [2.24, 2.45) is 0 Å². The number of amides is 1. The van der Waals surface area contributed by atoms with E-state index >= 15 is 0 Å². The number of aryl methyl sites for hydroxylation is 1. The molecule has 12 heteroatoms. The van der Waals surface area contributed by atoms with E-state index in [0.717, 1.165) is 5.69 Å². The molecule has 0 atom stereocenters. The standard InChI is InChI=1S/C25H22ClN7O4/c1-14-9-21(30-25(34)15-10-19(35-2)22(37-4)20(11-15)36-3)33(31-14)24-18-12-29-32(23(18)27-13-28-24)17-7-5-16(26)6-8-17/h5-13H,1-4H3,(H,30,34). The number of rotatable bonds is 7. The zero-order valence-electron chi connectivity index (χ0n) is 20.4. The molecule has 2 aromatic carbocycles. The van der Waals surface area contributed by atoms with Crippen LogP contribution in [0, 0.1) is 6.92 Å². The summed E-state index contributed by atoms with van der Waals surface area (Å²) in [4.78, 5) is 22.1. The smallest absolute Gasteiger partial charge is 0.257 e. The quantitative estimate of drug-likeness (QED) is 0.339. The summed E-state index contributed by atoms with van der Waals surface area (Å²) in [6.45, 7) is 1.82. The Balaban J connectivity index is 1.54. The Bertz CT molecular complexity index is 1590. The summed E-state index contributed by atoms with van der Waals surface area (Å²) < 4.78 is 19.3. The molecule has 0 aliphatic heterocycles. The van der Waals surface area contributed by atoms with Crippen molar-refractivity contribution in [2.75, 3.05) is 26.6 Å². The summed E-state index contributed by atoms with van der Waals surface area (Å²) in [5.41, 5.74) is 2.35.